The minimum Gasteiger partial charge on any atom is -0.450 e. The summed E-state index contributed by atoms with van der Waals surface area (Å²) >= 11 is 5.86. The monoisotopic (exact) mass is 412 g/mol. The first-order chi connectivity index (χ1) is 14.1. The molecule has 1 aliphatic carbocycles. The summed E-state index contributed by atoms with van der Waals surface area (Å²) in [5.74, 6) is 0.262. The maximum absolute atomic E-state index is 11.9. The SMILES string of the molecule is Nc1nc(Cl)nc2c1ncn2CCCCOC(=O)NCc1ccc2c(c1)CC=C2. The molecule has 3 aromatic rings. The van der Waals surface area contributed by atoms with E-state index in [9.17, 15) is 4.79 Å². The lowest BCUT2D eigenvalue weighted by Crippen LogP contribution is -2.24. The van der Waals surface area contributed by atoms with Crippen LogP contribution >= 0.6 is 11.6 Å². The van der Waals surface area contributed by atoms with Crippen molar-refractivity contribution in [2.24, 2.45) is 0 Å². The van der Waals surface area contributed by atoms with Crippen LogP contribution in [0.4, 0.5) is 10.6 Å². The zero-order valence-electron chi connectivity index (χ0n) is 15.8. The van der Waals surface area contributed by atoms with Crippen molar-refractivity contribution in [3.05, 3.63) is 52.6 Å². The number of aryl methyl sites for hydroxylation is 1. The number of hydrogen-bond donors (Lipinski definition) is 2. The van der Waals surface area contributed by atoms with Gasteiger partial charge in [-0.3, -0.25) is 0 Å². The largest absolute Gasteiger partial charge is 0.450 e. The summed E-state index contributed by atoms with van der Waals surface area (Å²) in [7, 11) is 0. The summed E-state index contributed by atoms with van der Waals surface area (Å²) in [5, 5.41) is 2.88. The Kier molecular flexibility index (Phi) is 5.62. The number of nitrogens with two attached hydrogens (primary N) is 1. The van der Waals surface area contributed by atoms with Gasteiger partial charge in [-0.15, -0.1) is 0 Å². The number of hydrogen-bond acceptors (Lipinski definition) is 6. The van der Waals surface area contributed by atoms with Gasteiger partial charge in [-0.05, 0) is 47.6 Å². The summed E-state index contributed by atoms with van der Waals surface area (Å²) in [6, 6.07) is 6.22. The fourth-order valence-corrected chi connectivity index (χ4v) is 3.47. The van der Waals surface area contributed by atoms with Gasteiger partial charge in [-0.2, -0.15) is 9.97 Å². The number of unbranched alkanes of at least 4 members (excludes halogenated alkanes) is 1. The van der Waals surface area contributed by atoms with E-state index < -0.39 is 6.09 Å². The Labute approximate surface area is 172 Å². The van der Waals surface area contributed by atoms with E-state index >= 15 is 0 Å². The standard InChI is InChI=1S/C20H21ClN6O2/c21-19-25-17(22)16-18(26-19)27(12-24-16)8-1-2-9-29-20(28)23-11-13-6-7-14-4-3-5-15(14)10-13/h3-4,6-7,10,12H,1-2,5,8-9,11H2,(H,23,28)(H2,22,25,26). The number of benzene rings is 1. The number of fused-ring (bicyclic) bond motifs is 2. The van der Waals surface area contributed by atoms with E-state index in [1.165, 1.54) is 11.1 Å². The lowest BCUT2D eigenvalue weighted by molar-refractivity contribution is 0.143. The number of nitrogens with one attached hydrogen (secondary N) is 1. The molecule has 29 heavy (non-hydrogen) atoms. The number of amides is 1. The number of nitrogen functional groups attached to an aromatic ring is 1. The van der Waals surface area contributed by atoms with E-state index in [1.807, 2.05) is 10.6 Å². The highest BCUT2D eigenvalue weighted by molar-refractivity contribution is 6.28. The van der Waals surface area contributed by atoms with Gasteiger partial charge in [-0.1, -0.05) is 30.4 Å². The highest BCUT2D eigenvalue weighted by Crippen LogP contribution is 2.21. The molecule has 8 nitrogen and oxygen atoms in total. The van der Waals surface area contributed by atoms with Gasteiger partial charge in [0, 0.05) is 13.1 Å². The van der Waals surface area contributed by atoms with Gasteiger partial charge < -0.3 is 20.4 Å². The predicted octanol–water partition coefficient (Wildman–Crippen LogP) is 3.34. The molecule has 0 radical (unpaired) electrons. The summed E-state index contributed by atoms with van der Waals surface area (Å²) in [4.78, 5) is 24.2. The molecule has 0 saturated carbocycles. The second-order valence-corrected chi connectivity index (χ2v) is 7.16. The third-order valence-corrected chi connectivity index (χ3v) is 4.94. The first-order valence-electron chi connectivity index (χ1n) is 9.43. The summed E-state index contributed by atoms with van der Waals surface area (Å²) in [6.45, 7) is 1.46. The molecule has 3 N–H and O–H groups in total. The first kappa shape index (κ1) is 19.2. The second kappa shape index (κ2) is 8.48. The van der Waals surface area contributed by atoms with Gasteiger partial charge in [0.05, 0.1) is 12.9 Å². The van der Waals surface area contributed by atoms with E-state index in [2.05, 4.69) is 44.6 Å². The topological polar surface area (TPSA) is 108 Å². The van der Waals surface area contributed by atoms with Gasteiger partial charge in [0.2, 0.25) is 5.28 Å². The fourth-order valence-electron chi connectivity index (χ4n) is 3.30. The van der Waals surface area contributed by atoms with E-state index in [1.54, 1.807) is 6.33 Å². The molecule has 4 rings (SSSR count). The molecule has 0 bridgehead atoms. The zero-order valence-corrected chi connectivity index (χ0v) is 16.5. The molecule has 1 aliphatic rings. The van der Waals surface area contributed by atoms with Gasteiger partial charge in [0.1, 0.15) is 5.52 Å². The van der Waals surface area contributed by atoms with E-state index in [-0.39, 0.29) is 11.1 Å². The molecule has 2 aromatic heterocycles. The molecule has 150 valence electrons. The van der Waals surface area contributed by atoms with Crippen molar-refractivity contribution in [3.8, 4) is 0 Å². The number of alkyl carbamates (subject to hydrolysis) is 1. The number of halogens is 1. The summed E-state index contributed by atoms with van der Waals surface area (Å²) < 4.78 is 7.11. The average Bonchev–Trinajstić information content (AvgIpc) is 3.32. The molecule has 1 amide bonds. The van der Waals surface area contributed by atoms with Crippen molar-refractivity contribution in [2.45, 2.75) is 32.4 Å². The number of carbonyl (C=O) groups is 1. The number of rotatable bonds is 7. The molecule has 0 spiro atoms. The van der Waals surface area contributed by atoms with Crippen LogP contribution in [0.3, 0.4) is 0 Å². The predicted molar refractivity (Wildman–Crippen MR) is 111 cm³/mol. The quantitative estimate of drug-likeness (QED) is 0.455. The number of allylic oxidation sites excluding steroid dienone is 1. The summed E-state index contributed by atoms with van der Waals surface area (Å²) in [5.41, 5.74) is 10.5. The highest BCUT2D eigenvalue weighted by atomic mass is 35.5. The third kappa shape index (κ3) is 4.48. The third-order valence-electron chi connectivity index (χ3n) is 4.77. The summed E-state index contributed by atoms with van der Waals surface area (Å²) in [6.07, 6.45) is 7.95. The van der Waals surface area contributed by atoms with E-state index in [4.69, 9.17) is 22.1 Å². The van der Waals surface area contributed by atoms with Gasteiger partial charge in [0.15, 0.2) is 11.5 Å². The molecular weight excluding hydrogens is 392 g/mol. The van der Waals surface area contributed by atoms with Crippen LogP contribution < -0.4 is 11.1 Å². The zero-order chi connectivity index (χ0) is 20.2. The highest BCUT2D eigenvalue weighted by Gasteiger charge is 2.10. The Hall–Kier alpha value is -3.13. The number of nitrogens with zero attached hydrogens (tertiary/aromatic N) is 4. The molecular formula is C20H21ClN6O2. The Morgan fingerprint density at radius 3 is 3.10 bits per heavy atom. The van der Waals surface area contributed by atoms with Crippen molar-refractivity contribution < 1.29 is 9.53 Å². The van der Waals surface area contributed by atoms with E-state index in [0.29, 0.717) is 37.3 Å². The maximum atomic E-state index is 11.9. The molecule has 0 saturated heterocycles. The molecule has 0 fully saturated rings. The average molecular weight is 413 g/mol. The smallest absolute Gasteiger partial charge is 0.407 e. The van der Waals surface area contributed by atoms with Crippen LogP contribution in [0, 0.1) is 0 Å². The van der Waals surface area contributed by atoms with Crippen molar-refractivity contribution >= 4 is 40.8 Å². The van der Waals surface area contributed by atoms with Crippen molar-refractivity contribution in [1.29, 1.82) is 0 Å². The number of imidazole rings is 1. The number of aromatic nitrogens is 4. The lowest BCUT2D eigenvalue weighted by atomic mass is 10.1. The Balaban J connectivity index is 1.18. The molecule has 2 heterocycles. The van der Waals surface area contributed by atoms with Crippen molar-refractivity contribution in [1.82, 2.24) is 24.8 Å². The second-order valence-electron chi connectivity index (χ2n) is 6.82. The number of carbonyl (C=O) groups excluding carboxylic acids is 1. The van der Waals surface area contributed by atoms with Crippen LogP contribution in [-0.4, -0.2) is 32.2 Å². The molecule has 0 unspecified atom stereocenters. The maximum Gasteiger partial charge on any atom is 0.407 e. The molecule has 9 heteroatoms. The van der Waals surface area contributed by atoms with Crippen LogP contribution in [0.1, 0.15) is 29.5 Å². The van der Waals surface area contributed by atoms with Gasteiger partial charge in [0.25, 0.3) is 0 Å². The Morgan fingerprint density at radius 2 is 2.21 bits per heavy atom. The first-order valence-corrected chi connectivity index (χ1v) is 9.81. The van der Waals surface area contributed by atoms with Crippen LogP contribution in [-0.2, 0) is 24.2 Å². The van der Waals surface area contributed by atoms with Crippen molar-refractivity contribution in [2.75, 3.05) is 12.3 Å². The number of anilines is 1. The molecule has 0 aliphatic heterocycles. The normalized spacial score (nSPS) is 12.3. The van der Waals surface area contributed by atoms with Gasteiger partial charge in [-0.25, -0.2) is 9.78 Å². The van der Waals surface area contributed by atoms with Crippen LogP contribution in [0.15, 0.2) is 30.6 Å². The van der Waals surface area contributed by atoms with Crippen molar-refractivity contribution in [3.63, 3.8) is 0 Å². The van der Waals surface area contributed by atoms with E-state index in [0.717, 1.165) is 18.4 Å². The van der Waals surface area contributed by atoms with Crippen LogP contribution in [0.5, 0.6) is 0 Å². The Bertz CT molecular complexity index is 1080. The lowest BCUT2D eigenvalue weighted by Gasteiger charge is -2.09. The Morgan fingerprint density at radius 1 is 1.31 bits per heavy atom. The number of ether oxygens (including phenoxy) is 1. The fraction of sp³-hybridized carbons (Fsp3) is 0.300. The minimum absolute atomic E-state index is 0.0939. The van der Waals surface area contributed by atoms with Crippen LogP contribution in [0.25, 0.3) is 17.2 Å². The van der Waals surface area contributed by atoms with Crippen LogP contribution in [0.2, 0.25) is 5.28 Å². The molecule has 1 aromatic carbocycles. The molecule has 0 atom stereocenters. The minimum atomic E-state index is -0.413. The van der Waals surface area contributed by atoms with Gasteiger partial charge >= 0.3 is 6.09 Å².